The largest absolute Gasteiger partial charge is 0.480 e. The van der Waals surface area contributed by atoms with E-state index in [4.69, 9.17) is 4.74 Å². The quantitative estimate of drug-likeness (QED) is 0.856. The van der Waals surface area contributed by atoms with E-state index in [9.17, 15) is 14.7 Å². The first-order chi connectivity index (χ1) is 9.63. The van der Waals surface area contributed by atoms with Gasteiger partial charge in [0.2, 0.25) is 0 Å². The first-order valence-corrected chi connectivity index (χ1v) is 6.45. The van der Waals surface area contributed by atoms with E-state index in [2.05, 4.69) is 6.58 Å². The van der Waals surface area contributed by atoms with Crippen LogP contribution in [-0.4, -0.2) is 41.3 Å². The van der Waals surface area contributed by atoms with Crippen LogP contribution in [0.2, 0.25) is 0 Å². The van der Waals surface area contributed by atoms with Gasteiger partial charge in [-0.25, -0.2) is 9.59 Å². The van der Waals surface area contributed by atoms with E-state index in [0.29, 0.717) is 13.0 Å². The minimum absolute atomic E-state index is 0.0218. The number of likely N-dealkylation sites (tertiary alicyclic amines) is 1. The number of benzene rings is 1. The first-order valence-electron chi connectivity index (χ1n) is 6.45. The molecule has 5 nitrogen and oxygen atoms in total. The van der Waals surface area contributed by atoms with E-state index in [1.165, 1.54) is 11.0 Å². The number of aliphatic carboxylic acids is 1. The van der Waals surface area contributed by atoms with Gasteiger partial charge in [0.05, 0.1) is 0 Å². The van der Waals surface area contributed by atoms with Gasteiger partial charge in [-0.2, -0.15) is 0 Å². The summed E-state index contributed by atoms with van der Waals surface area (Å²) >= 11 is 0. The zero-order valence-corrected chi connectivity index (χ0v) is 11.1. The minimum atomic E-state index is -1.00. The molecule has 1 fully saturated rings. The summed E-state index contributed by atoms with van der Waals surface area (Å²) in [6, 6.07) is 8.78. The van der Waals surface area contributed by atoms with E-state index < -0.39 is 18.1 Å². The molecule has 0 aromatic heterocycles. The van der Waals surface area contributed by atoms with Crippen LogP contribution >= 0.6 is 0 Å². The first kappa shape index (κ1) is 14.1. The van der Waals surface area contributed by atoms with Gasteiger partial charge in [-0.15, -0.1) is 0 Å². The highest BCUT2D eigenvalue weighted by molar-refractivity contribution is 5.81. The van der Waals surface area contributed by atoms with Crippen LogP contribution in [0.1, 0.15) is 17.9 Å². The molecule has 0 unspecified atom stereocenters. The molecular formula is C15H17NO4. The molecule has 1 aliphatic rings. The average molecular weight is 275 g/mol. The molecule has 0 bridgehead atoms. The standard InChI is InChI=1S/C15H17NO4/c1-2-8-20-15(19)16-10-12(9-13(16)14(17)18)11-6-4-3-5-7-11/h2-7,12-13H,1,8-10H2,(H,17,18)/t12-,13-/m0/s1. The molecule has 0 aliphatic carbocycles. The molecular weight excluding hydrogens is 258 g/mol. The van der Waals surface area contributed by atoms with Crippen molar-refractivity contribution in [2.75, 3.05) is 13.2 Å². The normalized spacial score (nSPS) is 21.5. The molecule has 1 aromatic rings. The topological polar surface area (TPSA) is 66.8 Å². The summed E-state index contributed by atoms with van der Waals surface area (Å²) in [7, 11) is 0. The fourth-order valence-corrected chi connectivity index (χ4v) is 2.45. The third-order valence-corrected chi connectivity index (χ3v) is 3.42. The number of hydrogen-bond acceptors (Lipinski definition) is 3. The zero-order valence-electron chi connectivity index (χ0n) is 11.1. The summed E-state index contributed by atoms with van der Waals surface area (Å²) in [5, 5.41) is 9.25. The Morgan fingerprint density at radius 1 is 1.40 bits per heavy atom. The third-order valence-electron chi connectivity index (χ3n) is 3.42. The number of hydrogen-bond donors (Lipinski definition) is 1. The number of ether oxygens (including phenoxy) is 1. The van der Waals surface area contributed by atoms with Crippen LogP contribution in [0.5, 0.6) is 0 Å². The van der Waals surface area contributed by atoms with Crippen molar-refractivity contribution in [1.82, 2.24) is 4.90 Å². The zero-order chi connectivity index (χ0) is 14.5. The van der Waals surface area contributed by atoms with E-state index in [1.807, 2.05) is 30.3 Å². The number of nitrogens with zero attached hydrogens (tertiary/aromatic N) is 1. The number of carbonyl (C=O) groups is 2. The second-order valence-corrected chi connectivity index (χ2v) is 4.72. The van der Waals surface area contributed by atoms with Gasteiger partial charge < -0.3 is 9.84 Å². The highest BCUT2D eigenvalue weighted by Gasteiger charge is 2.40. The molecule has 1 aromatic carbocycles. The van der Waals surface area contributed by atoms with E-state index >= 15 is 0 Å². The highest BCUT2D eigenvalue weighted by atomic mass is 16.6. The van der Waals surface area contributed by atoms with Crippen LogP contribution in [0.3, 0.4) is 0 Å². The molecule has 2 atom stereocenters. The molecule has 2 rings (SSSR count). The maximum atomic E-state index is 11.9. The number of carboxylic acids is 1. The fourth-order valence-electron chi connectivity index (χ4n) is 2.45. The SMILES string of the molecule is C=CCOC(=O)N1C[C@@H](c2ccccc2)C[C@H]1C(=O)O. The Hall–Kier alpha value is -2.30. The Bertz CT molecular complexity index is 500. The second kappa shape index (κ2) is 6.23. The fraction of sp³-hybridized carbons (Fsp3) is 0.333. The second-order valence-electron chi connectivity index (χ2n) is 4.72. The van der Waals surface area contributed by atoms with Crippen LogP contribution in [0.4, 0.5) is 4.79 Å². The molecule has 0 saturated carbocycles. The molecule has 1 amide bonds. The van der Waals surface area contributed by atoms with Crippen LogP contribution in [0.15, 0.2) is 43.0 Å². The summed E-state index contributed by atoms with van der Waals surface area (Å²) in [5.74, 6) is -0.979. The van der Waals surface area contributed by atoms with Crippen LogP contribution in [0, 0.1) is 0 Å². The van der Waals surface area contributed by atoms with E-state index in [0.717, 1.165) is 5.56 Å². The number of amides is 1. The summed E-state index contributed by atoms with van der Waals surface area (Å²) < 4.78 is 4.95. The number of rotatable bonds is 4. The van der Waals surface area contributed by atoms with Crippen molar-refractivity contribution in [1.29, 1.82) is 0 Å². The van der Waals surface area contributed by atoms with Crippen molar-refractivity contribution < 1.29 is 19.4 Å². The maximum absolute atomic E-state index is 11.9. The lowest BCUT2D eigenvalue weighted by Crippen LogP contribution is -2.40. The van der Waals surface area contributed by atoms with E-state index in [1.54, 1.807) is 0 Å². The van der Waals surface area contributed by atoms with Gasteiger partial charge in [-0.1, -0.05) is 43.0 Å². The van der Waals surface area contributed by atoms with Crippen LogP contribution in [-0.2, 0) is 9.53 Å². The molecule has 5 heteroatoms. The van der Waals surface area contributed by atoms with Gasteiger partial charge in [0.25, 0.3) is 0 Å². The molecule has 1 heterocycles. The highest BCUT2D eigenvalue weighted by Crippen LogP contribution is 2.32. The Morgan fingerprint density at radius 2 is 2.10 bits per heavy atom. The molecule has 0 spiro atoms. The van der Waals surface area contributed by atoms with Crippen molar-refractivity contribution in [3.8, 4) is 0 Å². The van der Waals surface area contributed by atoms with Crippen LogP contribution < -0.4 is 0 Å². The third kappa shape index (κ3) is 2.99. The molecule has 1 N–H and O–H groups in total. The number of carboxylic acid groups (broad SMARTS) is 1. The van der Waals surface area contributed by atoms with Gasteiger partial charge in [-0.3, -0.25) is 4.90 Å². The molecule has 20 heavy (non-hydrogen) atoms. The summed E-state index contributed by atoms with van der Waals surface area (Å²) in [6.45, 7) is 3.90. The predicted molar refractivity (Wildman–Crippen MR) is 73.5 cm³/mol. The lowest BCUT2D eigenvalue weighted by Gasteiger charge is -2.20. The van der Waals surface area contributed by atoms with Crippen molar-refractivity contribution in [3.63, 3.8) is 0 Å². The minimum Gasteiger partial charge on any atom is -0.480 e. The smallest absolute Gasteiger partial charge is 0.410 e. The molecule has 0 radical (unpaired) electrons. The summed E-state index contributed by atoms with van der Waals surface area (Å²) in [5.41, 5.74) is 1.04. The summed E-state index contributed by atoms with van der Waals surface area (Å²) in [6.07, 6.45) is 1.26. The van der Waals surface area contributed by atoms with Gasteiger partial charge in [0.1, 0.15) is 12.6 Å². The van der Waals surface area contributed by atoms with Gasteiger partial charge in [-0.05, 0) is 12.0 Å². The molecule has 1 saturated heterocycles. The lowest BCUT2D eigenvalue weighted by atomic mass is 9.96. The average Bonchev–Trinajstić information content (AvgIpc) is 2.91. The Labute approximate surface area is 117 Å². The van der Waals surface area contributed by atoms with Crippen molar-refractivity contribution in [3.05, 3.63) is 48.6 Å². The van der Waals surface area contributed by atoms with Gasteiger partial charge in [0, 0.05) is 12.5 Å². The number of carbonyl (C=O) groups excluding carboxylic acids is 1. The Kier molecular flexibility index (Phi) is 4.40. The summed E-state index contributed by atoms with van der Waals surface area (Å²) in [4.78, 5) is 24.5. The molecule has 1 aliphatic heterocycles. The van der Waals surface area contributed by atoms with Crippen molar-refractivity contribution >= 4 is 12.1 Å². The van der Waals surface area contributed by atoms with Crippen molar-refractivity contribution in [2.45, 2.75) is 18.4 Å². The van der Waals surface area contributed by atoms with Gasteiger partial charge >= 0.3 is 12.1 Å². The lowest BCUT2D eigenvalue weighted by molar-refractivity contribution is -0.141. The monoisotopic (exact) mass is 275 g/mol. The van der Waals surface area contributed by atoms with Crippen LogP contribution in [0.25, 0.3) is 0 Å². The Balaban J connectivity index is 2.13. The van der Waals surface area contributed by atoms with E-state index in [-0.39, 0.29) is 12.5 Å². The predicted octanol–water partition coefficient (Wildman–Crippen LogP) is 2.25. The Morgan fingerprint density at radius 3 is 2.70 bits per heavy atom. The molecule has 106 valence electrons. The maximum Gasteiger partial charge on any atom is 0.410 e. The van der Waals surface area contributed by atoms with Gasteiger partial charge in [0.15, 0.2) is 0 Å². The van der Waals surface area contributed by atoms with Crippen molar-refractivity contribution in [2.24, 2.45) is 0 Å².